The van der Waals surface area contributed by atoms with Crippen molar-refractivity contribution < 1.29 is 9.13 Å². The number of hydrogen-bond acceptors (Lipinski definition) is 1. The Morgan fingerprint density at radius 3 is 2.84 bits per heavy atom. The number of aryl methyl sites for hydroxylation is 1. The molecule has 3 heteroatoms. The Kier molecular flexibility index (Phi) is 2.95. The molecule has 3 aromatic rings. The van der Waals surface area contributed by atoms with Crippen molar-refractivity contribution in [3.63, 3.8) is 0 Å². The smallest absolute Gasteiger partial charge is 0.128 e. The Morgan fingerprint density at radius 1 is 1.11 bits per heavy atom. The highest BCUT2D eigenvalue weighted by Gasteiger charge is 2.02. The second-order valence-corrected chi connectivity index (χ2v) is 4.63. The van der Waals surface area contributed by atoms with Gasteiger partial charge in [0.25, 0.3) is 0 Å². The van der Waals surface area contributed by atoms with Crippen molar-refractivity contribution in [1.82, 2.24) is 4.98 Å². The van der Waals surface area contributed by atoms with Gasteiger partial charge in [0.05, 0.1) is 5.69 Å². The van der Waals surface area contributed by atoms with Crippen molar-refractivity contribution >= 4 is 10.9 Å². The molecular weight excluding hydrogens is 241 g/mol. The summed E-state index contributed by atoms with van der Waals surface area (Å²) < 4.78 is 18.6. The zero-order chi connectivity index (χ0) is 13.2. The SMILES string of the molecule is Cc1ccc2cc(COc3cccc(F)c3)[nH]c2c1. The van der Waals surface area contributed by atoms with Crippen LogP contribution in [0.15, 0.2) is 48.5 Å². The summed E-state index contributed by atoms with van der Waals surface area (Å²) in [6, 6.07) is 14.5. The molecule has 96 valence electrons. The summed E-state index contributed by atoms with van der Waals surface area (Å²) in [4.78, 5) is 3.30. The normalized spacial score (nSPS) is 10.8. The lowest BCUT2D eigenvalue weighted by Gasteiger charge is -2.04. The monoisotopic (exact) mass is 255 g/mol. The summed E-state index contributed by atoms with van der Waals surface area (Å²) in [7, 11) is 0. The summed E-state index contributed by atoms with van der Waals surface area (Å²) >= 11 is 0. The van der Waals surface area contributed by atoms with Gasteiger partial charge in [0.15, 0.2) is 0 Å². The topological polar surface area (TPSA) is 25.0 Å². The fraction of sp³-hybridized carbons (Fsp3) is 0.125. The molecule has 0 atom stereocenters. The van der Waals surface area contributed by atoms with E-state index in [1.807, 2.05) is 6.07 Å². The van der Waals surface area contributed by atoms with Crippen molar-refractivity contribution in [3.8, 4) is 5.75 Å². The van der Waals surface area contributed by atoms with E-state index in [4.69, 9.17) is 4.74 Å². The second-order valence-electron chi connectivity index (χ2n) is 4.63. The summed E-state index contributed by atoms with van der Waals surface area (Å²) in [5.74, 6) is 0.250. The summed E-state index contributed by atoms with van der Waals surface area (Å²) in [6.45, 7) is 2.46. The maximum absolute atomic E-state index is 13.0. The van der Waals surface area contributed by atoms with Gasteiger partial charge in [-0.15, -0.1) is 0 Å². The number of ether oxygens (including phenoxy) is 1. The number of rotatable bonds is 3. The van der Waals surface area contributed by atoms with Crippen LogP contribution < -0.4 is 4.74 Å². The predicted molar refractivity (Wildman–Crippen MR) is 73.8 cm³/mol. The van der Waals surface area contributed by atoms with Crippen LogP contribution in [0.1, 0.15) is 11.3 Å². The highest BCUT2D eigenvalue weighted by molar-refractivity contribution is 5.80. The summed E-state index contributed by atoms with van der Waals surface area (Å²) in [6.07, 6.45) is 0. The van der Waals surface area contributed by atoms with Gasteiger partial charge in [-0.3, -0.25) is 0 Å². The van der Waals surface area contributed by atoms with E-state index in [-0.39, 0.29) is 5.82 Å². The fourth-order valence-electron chi connectivity index (χ4n) is 2.10. The van der Waals surface area contributed by atoms with E-state index in [0.717, 1.165) is 16.6 Å². The molecule has 0 saturated heterocycles. The first-order valence-corrected chi connectivity index (χ1v) is 6.17. The molecule has 2 nitrogen and oxygen atoms in total. The predicted octanol–water partition coefficient (Wildman–Crippen LogP) is 4.19. The molecule has 0 spiro atoms. The molecule has 2 aromatic carbocycles. The van der Waals surface area contributed by atoms with Gasteiger partial charge in [0.1, 0.15) is 18.2 Å². The minimum atomic E-state index is -0.287. The highest BCUT2D eigenvalue weighted by atomic mass is 19.1. The molecule has 0 saturated carbocycles. The lowest BCUT2D eigenvalue weighted by Crippen LogP contribution is -1.95. The van der Waals surface area contributed by atoms with Crippen LogP contribution in [0.4, 0.5) is 4.39 Å². The quantitative estimate of drug-likeness (QED) is 0.745. The fourth-order valence-corrected chi connectivity index (χ4v) is 2.10. The number of aromatic nitrogens is 1. The third-order valence-corrected chi connectivity index (χ3v) is 3.02. The summed E-state index contributed by atoms with van der Waals surface area (Å²) in [5, 5.41) is 1.16. The number of aromatic amines is 1. The Hall–Kier alpha value is -2.29. The van der Waals surface area contributed by atoms with Gasteiger partial charge in [0.2, 0.25) is 0 Å². The maximum Gasteiger partial charge on any atom is 0.128 e. The first kappa shape index (κ1) is 11.8. The average molecular weight is 255 g/mol. The van der Waals surface area contributed by atoms with Gasteiger partial charge in [-0.25, -0.2) is 4.39 Å². The van der Waals surface area contributed by atoms with Gasteiger partial charge in [-0.05, 0) is 42.1 Å². The van der Waals surface area contributed by atoms with Crippen molar-refractivity contribution in [2.75, 3.05) is 0 Å². The Morgan fingerprint density at radius 2 is 2.00 bits per heavy atom. The largest absolute Gasteiger partial charge is 0.487 e. The van der Waals surface area contributed by atoms with E-state index < -0.39 is 0 Å². The number of fused-ring (bicyclic) bond motifs is 1. The molecule has 0 aliphatic rings. The number of hydrogen-bond donors (Lipinski definition) is 1. The minimum absolute atomic E-state index is 0.287. The Bertz CT molecular complexity index is 718. The highest BCUT2D eigenvalue weighted by Crippen LogP contribution is 2.19. The van der Waals surface area contributed by atoms with Gasteiger partial charge in [-0.2, -0.15) is 0 Å². The molecule has 0 aliphatic heterocycles. The zero-order valence-corrected chi connectivity index (χ0v) is 10.6. The molecule has 3 rings (SSSR count). The van der Waals surface area contributed by atoms with Crippen LogP contribution in [-0.4, -0.2) is 4.98 Å². The molecule has 0 radical (unpaired) electrons. The van der Waals surface area contributed by atoms with E-state index in [0.29, 0.717) is 12.4 Å². The number of benzene rings is 2. The van der Waals surface area contributed by atoms with Crippen LogP contribution in [0.25, 0.3) is 10.9 Å². The van der Waals surface area contributed by atoms with Gasteiger partial charge >= 0.3 is 0 Å². The molecule has 1 aromatic heterocycles. The zero-order valence-electron chi connectivity index (χ0n) is 10.6. The lowest BCUT2D eigenvalue weighted by atomic mass is 10.2. The Labute approximate surface area is 110 Å². The van der Waals surface area contributed by atoms with E-state index >= 15 is 0 Å². The third-order valence-electron chi connectivity index (χ3n) is 3.02. The first-order valence-electron chi connectivity index (χ1n) is 6.17. The Balaban J connectivity index is 1.78. The number of nitrogens with one attached hydrogen (secondary N) is 1. The number of H-pyrrole nitrogens is 1. The molecule has 0 unspecified atom stereocenters. The number of halogens is 1. The molecule has 0 bridgehead atoms. The van der Waals surface area contributed by atoms with Crippen molar-refractivity contribution in [1.29, 1.82) is 0 Å². The van der Waals surface area contributed by atoms with Crippen LogP contribution in [0.5, 0.6) is 5.75 Å². The van der Waals surface area contributed by atoms with Crippen molar-refractivity contribution in [3.05, 3.63) is 65.6 Å². The van der Waals surface area contributed by atoms with Crippen LogP contribution in [-0.2, 0) is 6.61 Å². The van der Waals surface area contributed by atoms with Gasteiger partial charge in [0, 0.05) is 11.6 Å². The molecule has 1 N–H and O–H groups in total. The van der Waals surface area contributed by atoms with Crippen LogP contribution in [0, 0.1) is 12.7 Å². The third kappa shape index (κ3) is 2.60. The molecule has 19 heavy (non-hydrogen) atoms. The van der Waals surface area contributed by atoms with Crippen molar-refractivity contribution in [2.45, 2.75) is 13.5 Å². The lowest BCUT2D eigenvalue weighted by molar-refractivity contribution is 0.301. The molecule has 0 fully saturated rings. The molecule has 1 heterocycles. The first-order chi connectivity index (χ1) is 9.20. The summed E-state index contributed by atoms with van der Waals surface area (Å²) in [5.41, 5.74) is 3.29. The van der Waals surface area contributed by atoms with E-state index in [1.165, 1.54) is 17.7 Å². The molecule has 0 amide bonds. The second kappa shape index (κ2) is 4.76. The van der Waals surface area contributed by atoms with Crippen LogP contribution in [0.3, 0.4) is 0 Å². The average Bonchev–Trinajstić information content (AvgIpc) is 2.78. The van der Waals surface area contributed by atoms with Crippen LogP contribution in [0.2, 0.25) is 0 Å². The van der Waals surface area contributed by atoms with Crippen LogP contribution >= 0.6 is 0 Å². The van der Waals surface area contributed by atoms with Crippen molar-refractivity contribution in [2.24, 2.45) is 0 Å². The molecular formula is C16H14FNO. The standard InChI is InChI=1S/C16H14FNO/c1-11-5-6-12-8-14(18-16(12)7-11)10-19-15-4-2-3-13(17)9-15/h2-9,18H,10H2,1H3. The van der Waals surface area contributed by atoms with E-state index in [1.54, 1.807) is 12.1 Å². The van der Waals surface area contributed by atoms with E-state index in [2.05, 4.69) is 30.1 Å². The van der Waals surface area contributed by atoms with Gasteiger partial charge in [-0.1, -0.05) is 18.2 Å². The van der Waals surface area contributed by atoms with E-state index in [9.17, 15) is 4.39 Å². The maximum atomic E-state index is 13.0. The van der Waals surface area contributed by atoms with Gasteiger partial charge < -0.3 is 9.72 Å². The minimum Gasteiger partial charge on any atom is -0.487 e. The molecule has 0 aliphatic carbocycles.